The van der Waals surface area contributed by atoms with Crippen molar-refractivity contribution in [3.63, 3.8) is 0 Å². The minimum absolute atomic E-state index is 0.00696. The summed E-state index contributed by atoms with van der Waals surface area (Å²) in [6.07, 6.45) is 0.663. The van der Waals surface area contributed by atoms with Crippen molar-refractivity contribution in [2.45, 2.75) is 19.9 Å². The quantitative estimate of drug-likeness (QED) is 0.689. The zero-order chi connectivity index (χ0) is 19.4. The minimum atomic E-state index is -0.798. The fourth-order valence-electron chi connectivity index (χ4n) is 2.65. The standard InChI is InChI=1S/C19H17FN4O3/c1-2-11-24-19(27)13-8-4-3-7-12(13)16(23-24)18(26)22-21-17(25)14-9-5-6-10-15(14)20/h3-10H,2,11H2,1H3,(H,21,25)(H,22,26). The molecule has 0 saturated heterocycles. The highest BCUT2D eigenvalue weighted by molar-refractivity contribution is 6.06. The smallest absolute Gasteiger partial charge is 0.267 e. The number of halogens is 1. The number of hydrazine groups is 1. The highest BCUT2D eigenvalue weighted by Crippen LogP contribution is 2.13. The molecule has 0 fully saturated rings. The lowest BCUT2D eigenvalue weighted by molar-refractivity contribution is 0.0841. The van der Waals surface area contributed by atoms with Crippen molar-refractivity contribution in [2.24, 2.45) is 0 Å². The number of hydrogen-bond acceptors (Lipinski definition) is 4. The Morgan fingerprint density at radius 1 is 1.00 bits per heavy atom. The summed E-state index contributed by atoms with van der Waals surface area (Å²) in [4.78, 5) is 37.0. The summed E-state index contributed by atoms with van der Waals surface area (Å²) in [6.45, 7) is 2.24. The lowest BCUT2D eigenvalue weighted by Crippen LogP contribution is -2.43. The van der Waals surface area contributed by atoms with Crippen LogP contribution < -0.4 is 16.4 Å². The van der Waals surface area contributed by atoms with E-state index in [0.717, 1.165) is 6.07 Å². The molecule has 0 aliphatic rings. The van der Waals surface area contributed by atoms with Crippen LogP contribution in [0.2, 0.25) is 0 Å². The normalized spacial score (nSPS) is 10.6. The van der Waals surface area contributed by atoms with Crippen LogP contribution in [0.25, 0.3) is 10.8 Å². The van der Waals surface area contributed by atoms with Crippen LogP contribution in [-0.4, -0.2) is 21.6 Å². The van der Waals surface area contributed by atoms with Gasteiger partial charge < -0.3 is 0 Å². The van der Waals surface area contributed by atoms with Gasteiger partial charge in [-0.3, -0.25) is 25.2 Å². The number of fused-ring (bicyclic) bond motifs is 1. The highest BCUT2D eigenvalue weighted by Gasteiger charge is 2.18. The Morgan fingerprint density at radius 2 is 1.63 bits per heavy atom. The van der Waals surface area contributed by atoms with Crippen LogP contribution >= 0.6 is 0 Å². The molecule has 0 radical (unpaired) electrons. The average Bonchev–Trinajstić information content (AvgIpc) is 2.68. The van der Waals surface area contributed by atoms with Crippen molar-refractivity contribution in [1.82, 2.24) is 20.6 Å². The fourth-order valence-corrected chi connectivity index (χ4v) is 2.65. The number of carbonyl (C=O) groups is 2. The van der Waals surface area contributed by atoms with Crippen molar-refractivity contribution < 1.29 is 14.0 Å². The van der Waals surface area contributed by atoms with Crippen molar-refractivity contribution in [1.29, 1.82) is 0 Å². The molecule has 0 bridgehead atoms. The van der Waals surface area contributed by atoms with Gasteiger partial charge in [-0.1, -0.05) is 37.3 Å². The van der Waals surface area contributed by atoms with Gasteiger partial charge in [0, 0.05) is 11.9 Å². The molecule has 1 heterocycles. The van der Waals surface area contributed by atoms with E-state index in [4.69, 9.17) is 0 Å². The number of nitrogens with one attached hydrogen (secondary N) is 2. The Labute approximate surface area is 153 Å². The number of nitrogens with zero attached hydrogens (tertiary/aromatic N) is 2. The Balaban J connectivity index is 1.89. The van der Waals surface area contributed by atoms with E-state index in [1.165, 1.54) is 22.9 Å². The van der Waals surface area contributed by atoms with Gasteiger partial charge in [-0.2, -0.15) is 5.10 Å². The van der Waals surface area contributed by atoms with Crippen molar-refractivity contribution in [3.8, 4) is 0 Å². The third-order valence-corrected chi connectivity index (χ3v) is 3.93. The van der Waals surface area contributed by atoms with E-state index in [2.05, 4.69) is 16.0 Å². The van der Waals surface area contributed by atoms with Gasteiger partial charge in [0.25, 0.3) is 17.4 Å². The zero-order valence-corrected chi connectivity index (χ0v) is 14.5. The van der Waals surface area contributed by atoms with Crippen LogP contribution in [0.3, 0.4) is 0 Å². The molecule has 0 spiro atoms. The number of rotatable bonds is 4. The third kappa shape index (κ3) is 3.69. The second kappa shape index (κ2) is 7.77. The molecule has 0 aliphatic heterocycles. The van der Waals surface area contributed by atoms with Gasteiger partial charge >= 0.3 is 0 Å². The average molecular weight is 368 g/mol. The van der Waals surface area contributed by atoms with Crippen molar-refractivity contribution in [2.75, 3.05) is 0 Å². The predicted octanol–water partition coefficient (Wildman–Crippen LogP) is 2.02. The number of aryl methyl sites for hydroxylation is 1. The third-order valence-electron chi connectivity index (χ3n) is 3.93. The van der Waals surface area contributed by atoms with E-state index in [0.29, 0.717) is 23.7 Å². The Morgan fingerprint density at radius 3 is 2.33 bits per heavy atom. The Bertz CT molecular complexity index is 1080. The van der Waals surface area contributed by atoms with Gasteiger partial charge in [-0.25, -0.2) is 9.07 Å². The first-order valence-electron chi connectivity index (χ1n) is 8.38. The fraction of sp³-hybridized carbons (Fsp3) is 0.158. The summed E-state index contributed by atoms with van der Waals surface area (Å²) < 4.78 is 14.9. The minimum Gasteiger partial charge on any atom is -0.267 e. The molecule has 1 aromatic heterocycles. The molecule has 3 aromatic rings. The van der Waals surface area contributed by atoms with E-state index in [-0.39, 0.29) is 16.8 Å². The summed E-state index contributed by atoms with van der Waals surface area (Å²) in [5.74, 6) is -2.21. The molecule has 138 valence electrons. The Kier molecular flexibility index (Phi) is 5.25. The first kappa shape index (κ1) is 18.2. The van der Waals surface area contributed by atoms with Crippen LogP contribution in [0.5, 0.6) is 0 Å². The summed E-state index contributed by atoms with van der Waals surface area (Å²) >= 11 is 0. The molecule has 8 heteroatoms. The van der Waals surface area contributed by atoms with E-state index in [1.807, 2.05) is 6.92 Å². The lowest BCUT2D eigenvalue weighted by Gasteiger charge is -2.11. The summed E-state index contributed by atoms with van der Waals surface area (Å²) in [5, 5.41) is 4.85. The molecule has 7 nitrogen and oxygen atoms in total. The van der Waals surface area contributed by atoms with Crippen LogP contribution in [-0.2, 0) is 6.54 Å². The molecule has 2 aromatic carbocycles. The molecule has 0 aliphatic carbocycles. The van der Waals surface area contributed by atoms with E-state index >= 15 is 0 Å². The van der Waals surface area contributed by atoms with Gasteiger partial charge in [0.1, 0.15) is 5.82 Å². The van der Waals surface area contributed by atoms with Crippen LogP contribution in [0.4, 0.5) is 4.39 Å². The van der Waals surface area contributed by atoms with Gasteiger partial charge in [0.05, 0.1) is 10.9 Å². The maximum absolute atomic E-state index is 13.7. The number of benzene rings is 2. The maximum atomic E-state index is 13.7. The molecule has 0 atom stereocenters. The molecular weight excluding hydrogens is 351 g/mol. The SMILES string of the molecule is CCCn1nc(C(=O)NNC(=O)c2ccccc2F)c2ccccc2c1=O. The first-order valence-corrected chi connectivity index (χ1v) is 8.38. The zero-order valence-electron chi connectivity index (χ0n) is 14.5. The second-order valence-corrected chi connectivity index (χ2v) is 5.81. The number of hydrogen-bond donors (Lipinski definition) is 2. The molecule has 0 saturated carbocycles. The largest absolute Gasteiger partial charge is 0.290 e. The molecule has 0 unspecified atom stereocenters. The van der Waals surface area contributed by atoms with Crippen LogP contribution in [0, 0.1) is 5.82 Å². The van der Waals surface area contributed by atoms with E-state index in [9.17, 15) is 18.8 Å². The number of carbonyl (C=O) groups excluding carboxylic acids is 2. The van der Waals surface area contributed by atoms with Crippen LogP contribution in [0.15, 0.2) is 53.3 Å². The van der Waals surface area contributed by atoms with Crippen molar-refractivity contribution in [3.05, 3.63) is 76.0 Å². The first-order chi connectivity index (χ1) is 13.0. The summed E-state index contributed by atoms with van der Waals surface area (Å²) in [5.41, 5.74) is 3.88. The van der Waals surface area contributed by atoms with E-state index in [1.54, 1.807) is 24.3 Å². The van der Waals surface area contributed by atoms with Gasteiger partial charge in [-0.15, -0.1) is 0 Å². The monoisotopic (exact) mass is 368 g/mol. The van der Waals surface area contributed by atoms with Gasteiger partial charge in [0.2, 0.25) is 0 Å². The predicted molar refractivity (Wildman–Crippen MR) is 97.6 cm³/mol. The number of amides is 2. The van der Waals surface area contributed by atoms with Crippen LogP contribution in [0.1, 0.15) is 34.2 Å². The topological polar surface area (TPSA) is 93.1 Å². The molecule has 2 N–H and O–H groups in total. The number of aromatic nitrogens is 2. The maximum Gasteiger partial charge on any atom is 0.290 e. The summed E-state index contributed by atoms with van der Waals surface area (Å²) in [6, 6.07) is 12.0. The molecule has 3 rings (SSSR count). The molecule has 2 amide bonds. The van der Waals surface area contributed by atoms with Gasteiger partial charge in [0.15, 0.2) is 5.69 Å². The molecular formula is C19H17FN4O3. The molecule has 27 heavy (non-hydrogen) atoms. The Hall–Kier alpha value is -3.55. The van der Waals surface area contributed by atoms with E-state index < -0.39 is 17.6 Å². The van der Waals surface area contributed by atoms with Crippen molar-refractivity contribution >= 4 is 22.6 Å². The second-order valence-electron chi connectivity index (χ2n) is 5.81. The highest BCUT2D eigenvalue weighted by atomic mass is 19.1. The lowest BCUT2D eigenvalue weighted by atomic mass is 10.1. The van der Waals surface area contributed by atoms with Gasteiger partial charge in [-0.05, 0) is 24.6 Å². The summed E-state index contributed by atoms with van der Waals surface area (Å²) in [7, 11) is 0.